The Hall–Kier alpha value is -1.43. The molecule has 0 aromatic carbocycles. The van der Waals surface area contributed by atoms with Gasteiger partial charge in [0.25, 0.3) is 0 Å². The monoisotopic (exact) mass is 214 g/mol. The number of hydrogen-bond acceptors (Lipinski definition) is 4. The Labute approximate surface area is 87.6 Å². The number of carbonyl (C=O) groups is 3. The molecule has 1 rings (SSSR count). The van der Waals surface area contributed by atoms with Gasteiger partial charge in [0.1, 0.15) is 6.42 Å². The molecule has 6 heteroatoms. The van der Waals surface area contributed by atoms with Gasteiger partial charge in [-0.1, -0.05) is 0 Å². The molecule has 1 aliphatic rings. The molecule has 0 spiro atoms. The van der Waals surface area contributed by atoms with Crippen LogP contribution in [0.5, 0.6) is 0 Å². The number of hydrogen-bond donors (Lipinski definition) is 1. The van der Waals surface area contributed by atoms with Crippen LogP contribution in [-0.4, -0.2) is 42.0 Å². The Morgan fingerprint density at radius 2 is 2.07 bits per heavy atom. The quantitative estimate of drug-likeness (QED) is 0.662. The second-order valence-electron chi connectivity index (χ2n) is 3.50. The van der Waals surface area contributed by atoms with Crippen molar-refractivity contribution in [1.29, 1.82) is 0 Å². The van der Waals surface area contributed by atoms with E-state index in [1.165, 1.54) is 0 Å². The molecule has 0 aromatic heterocycles. The van der Waals surface area contributed by atoms with Crippen LogP contribution in [-0.2, 0) is 14.3 Å². The summed E-state index contributed by atoms with van der Waals surface area (Å²) in [7, 11) is 0. The molecule has 0 saturated carbocycles. The van der Waals surface area contributed by atoms with Crippen LogP contribution in [0, 0.1) is 0 Å². The van der Waals surface area contributed by atoms with Crippen molar-refractivity contribution in [3.8, 4) is 0 Å². The Morgan fingerprint density at radius 1 is 1.40 bits per heavy atom. The van der Waals surface area contributed by atoms with Crippen molar-refractivity contribution in [3.05, 3.63) is 0 Å². The van der Waals surface area contributed by atoms with E-state index in [9.17, 15) is 14.4 Å². The van der Waals surface area contributed by atoms with Crippen molar-refractivity contribution in [3.63, 3.8) is 0 Å². The highest BCUT2D eigenvalue weighted by Crippen LogP contribution is 2.02. The van der Waals surface area contributed by atoms with Gasteiger partial charge in [-0.2, -0.15) is 0 Å². The number of ether oxygens (including phenoxy) is 1. The van der Waals surface area contributed by atoms with Crippen LogP contribution in [0.1, 0.15) is 20.3 Å². The molecule has 4 amide bonds. The summed E-state index contributed by atoms with van der Waals surface area (Å²) in [5, 5.41) is 2.07. The number of nitrogens with one attached hydrogen (secondary N) is 1. The summed E-state index contributed by atoms with van der Waals surface area (Å²) in [6.45, 7) is 4.18. The van der Waals surface area contributed by atoms with Crippen LogP contribution in [0.4, 0.5) is 4.79 Å². The van der Waals surface area contributed by atoms with Gasteiger partial charge in [0.15, 0.2) is 0 Å². The van der Waals surface area contributed by atoms with E-state index >= 15 is 0 Å². The second-order valence-corrected chi connectivity index (χ2v) is 3.50. The summed E-state index contributed by atoms with van der Waals surface area (Å²) in [6.07, 6.45) is -0.220. The molecule has 0 aromatic rings. The van der Waals surface area contributed by atoms with E-state index in [-0.39, 0.29) is 25.7 Å². The average Bonchev–Trinajstić information content (AvgIpc) is 2.08. The van der Waals surface area contributed by atoms with Gasteiger partial charge >= 0.3 is 6.03 Å². The molecule has 0 aliphatic carbocycles. The fraction of sp³-hybridized carbons (Fsp3) is 0.667. The first-order valence-electron chi connectivity index (χ1n) is 4.76. The molecular weight excluding hydrogens is 200 g/mol. The number of amides is 4. The Morgan fingerprint density at radius 3 is 2.60 bits per heavy atom. The summed E-state index contributed by atoms with van der Waals surface area (Å²) in [6, 6.07) is -0.663. The van der Waals surface area contributed by atoms with Gasteiger partial charge in [-0.05, 0) is 13.8 Å². The molecule has 0 radical (unpaired) electrons. The number of nitrogens with zero attached hydrogens (tertiary/aromatic N) is 1. The molecular formula is C9H14N2O4. The molecule has 0 bridgehead atoms. The van der Waals surface area contributed by atoms with E-state index in [2.05, 4.69) is 5.32 Å². The lowest BCUT2D eigenvalue weighted by molar-refractivity contribution is -0.136. The third-order valence-electron chi connectivity index (χ3n) is 1.87. The van der Waals surface area contributed by atoms with E-state index < -0.39 is 17.8 Å². The van der Waals surface area contributed by atoms with Crippen LogP contribution in [0.2, 0.25) is 0 Å². The van der Waals surface area contributed by atoms with Crippen molar-refractivity contribution in [2.75, 3.05) is 13.2 Å². The topological polar surface area (TPSA) is 75.7 Å². The summed E-state index contributed by atoms with van der Waals surface area (Å²) in [5.41, 5.74) is 0. The molecule has 15 heavy (non-hydrogen) atoms. The van der Waals surface area contributed by atoms with E-state index in [4.69, 9.17) is 4.74 Å². The first kappa shape index (κ1) is 11.6. The van der Waals surface area contributed by atoms with Crippen LogP contribution in [0.15, 0.2) is 0 Å². The van der Waals surface area contributed by atoms with Gasteiger partial charge in [-0.15, -0.1) is 0 Å². The molecule has 1 N–H and O–H groups in total. The number of rotatable bonds is 4. The molecule has 0 atom stereocenters. The largest absolute Gasteiger partial charge is 0.377 e. The minimum atomic E-state index is -0.663. The van der Waals surface area contributed by atoms with E-state index in [0.717, 1.165) is 4.90 Å². The van der Waals surface area contributed by atoms with Crippen molar-refractivity contribution in [2.24, 2.45) is 0 Å². The van der Waals surface area contributed by atoms with Gasteiger partial charge in [-0.3, -0.25) is 19.8 Å². The highest BCUT2D eigenvalue weighted by atomic mass is 16.5. The zero-order valence-corrected chi connectivity index (χ0v) is 8.78. The molecule has 1 saturated heterocycles. The molecule has 1 heterocycles. The lowest BCUT2D eigenvalue weighted by Crippen LogP contribution is -2.53. The Balaban J connectivity index is 2.43. The third kappa shape index (κ3) is 3.32. The number of carbonyl (C=O) groups excluding carboxylic acids is 3. The molecule has 1 aliphatic heterocycles. The van der Waals surface area contributed by atoms with Gasteiger partial charge in [-0.25, -0.2) is 4.79 Å². The van der Waals surface area contributed by atoms with Crippen molar-refractivity contribution >= 4 is 17.8 Å². The van der Waals surface area contributed by atoms with Crippen molar-refractivity contribution in [2.45, 2.75) is 26.4 Å². The van der Waals surface area contributed by atoms with E-state index in [1.807, 2.05) is 13.8 Å². The smallest absolute Gasteiger partial charge is 0.330 e. The lowest BCUT2D eigenvalue weighted by Gasteiger charge is -2.24. The van der Waals surface area contributed by atoms with Crippen LogP contribution in [0.25, 0.3) is 0 Å². The molecule has 1 fully saturated rings. The maximum absolute atomic E-state index is 11.3. The molecule has 6 nitrogen and oxygen atoms in total. The van der Waals surface area contributed by atoms with Gasteiger partial charge in [0.05, 0.1) is 19.3 Å². The van der Waals surface area contributed by atoms with Crippen LogP contribution in [0.3, 0.4) is 0 Å². The standard InChI is InChI=1S/C9H14N2O4/c1-6(2)15-4-3-11-8(13)5-7(12)10-9(11)14/h6H,3-5H2,1-2H3,(H,10,12,14). The number of urea groups is 1. The second kappa shape index (κ2) is 4.88. The highest BCUT2D eigenvalue weighted by Gasteiger charge is 2.30. The Kier molecular flexibility index (Phi) is 3.79. The van der Waals surface area contributed by atoms with E-state index in [0.29, 0.717) is 0 Å². The molecule has 0 unspecified atom stereocenters. The number of imide groups is 2. The fourth-order valence-electron chi connectivity index (χ4n) is 1.18. The Bertz CT molecular complexity index is 268. The van der Waals surface area contributed by atoms with Crippen LogP contribution >= 0.6 is 0 Å². The first-order valence-corrected chi connectivity index (χ1v) is 4.76. The zero-order valence-electron chi connectivity index (χ0n) is 8.78. The summed E-state index contributed by atoms with van der Waals surface area (Å²) in [5.74, 6) is -1.03. The van der Waals surface area contributed by atoms with Crippen molar-refractivity contribution < 1.29 is 19.1 Å². The predicted molar refractivity (Wildman–Crippen MR) is 51.0 cm³/mol. The van der Waals surface area contributed by atoms with Gasteiger partial charge < -0.3 is 4.74 Å². The minimum absolute atomic E-state index is 0.0505. The maximum Gasteiger partial charge on any atom is 0.330 e. The lowest BCUT2D eigenvalue weighted by atomic mass is 10.3. The summed E-state index contributed by atoms with van der Waals surface area (Å²) in [4.78, 5) is 34.3. The summed E-state index contributed by atoms with van der Waals surface area (Å²) >= 11 is 0. The van der Waals surface area contributed by atoms with E-state index in [1.54, 1.807) is 0 Å². The normalized spacial score (nSPS) is 17.3. The summed E-state index contributed by atoms with van der Waals surface area (Å²) < 4.78 is 5.21. The van der Waals surface area contributed by atoms with Gasteiger partial charge in [0.2, 0.25) is 11.8 Å². The third-order valence-corrected chi connectivity index (χ3v) is 1.87. The zero-order chi connectivity index (χ0) is 11.4. The SMILES string of the molecule is CC(C)OCCN1C(=O)CC(=O)NC1=O. The highest BCUT2D eigenvalue weighted by molar-refractivity contribution is 6.14. The number of barbiturate groups is 1. The van der Waals surface area contributed by atoms with Crippen molar-refractivity contribution in [1.82, 2.24) is 10.2 Å². The molecule has 84 valence electrons. The fourth-order valence-corrected chi connectivity index (χ4v) is 1.18. The van der Waals surface area contributed by atoms with Crippen LogP contribution < -0.4 is 5.32 Å². The van der Waals surface area contributed by atoms with Gasteiger partial charge in [0, 0.05) is 0 Å². The maximum atomic E-state index is 11.3. The predicted octanol–water partition coefficient (Wildman–Crippen LogP) is -0.120. The first-order chi connectivity index (χ1) is 7.00. The minimum Gasteiger partial charge on any atom is -0.377 e. The average molecular weight is 214 g/mol.